The molecule has 1 N–H and O–H groups in total. The standard InChI is InChI=1S/C23H26F3N3O2/c1-15-12-16(2)14-19(13-15)29(22(31)23(24,25)26)20(17-8-10-27-11-9-17)21(30)28-18-6-4-3-5-7-18/h8-14,18,20H,3-7H2,1-2H3,(H,28,30)/t20-/m0/s1. The second kappa shape index (κ2) is 9.49. The third kappa shape index (κ3) is 5.62. The molecule has 3 rings (SSSR count). The summed E-state index contributed by atoms with van der Waals surface area (Å²) in [4.78, 5) is 30.4. The van der Waals surface area contributed by atoms with Crippen molar-refractivity contribution in [2.24, 2.45) is 0 Å². The molecule has 0 saturated heterocycles. The van der Waals surface area contributed by atoms with Gasteiger partial charge in [-0.3, -0.25) is 19.5 Å². The van der Waals surface area contributed by atoms with Gasteiger partial charge in [0.25, 0.3) is 0 Å². The summed E-state index contributed by atoms with van der Waals surface area (Å²) in [5, 5.41) is 2.88. The maximum atomic E-state index is 13.6. The van der Waals surface area contributed by atoms with Crippen LogP contribution in [0.3, 0.4) is 0 Å². The molecule has 1 aliphatic rings. The number of carbonyl (C=O) groups excluding carboxylic acids is 2. The number of halogens is 3. The lowest BCUT2D eigenvalue weighted by Gasteiger charge is -2.34. The molecule has 0 aliphatic heterocycles. The molecule has 166 valence electrons. The first-order chi connectivity index (χ1) is 14.7. The number of alkyl halides is 3. The van der Waals surface area contributed by atoms with Crippen molar-refractivity contribution in [3.8, 4) is 0 Å². The number of anilines is 1. The molecular formula is C23H26F3N3O2. The molecule has 2 amide bonds. The van der Waals surface area contributed by atoms with E-state index in [1.807, 2.05) is 0 Å². The van der Waals surface area contributed by atoms with Gasteiger partial charge in [-0.15, -0.1) is 0 Å². The highest BCUT2D eigenvalue weighted by atomic mass is 19.4. The Hall–Kier alpha value is -2.90. The molecule has 0 spiro atoms. The number of pyridine rings is 1. The fraction of sp³-hybridized carbons (Fsp3) is 0.435. The molecule has 0 unspecified atom stereocenters. The summed E-state index contributed by atoms with van der Waals surface area (Å²) < 4.78 is 40.9. The molecule has 2 aromatic rings. The van der Waals surface area contributed by atoms with Crippen LogP contribution in [0.5, 0.6) is 0 Å². The molecule has 1 aliphatic carbocycles. The lowest BCUT2D eigenvalue weighted by Crippen LogP contribution is -2.50. The molecule has 1 heterocycles. The Morgan fingerprint density at radius 2 is 1.61 bits per heavy atom. The Morgan fingerprint density at radius 3 is 2.16 bits per heavy atom. The van der Waals surface area contributed by atoms with Gasteiger partial charge >= 0.3 is 12.1 Å². The number of carbonyl (C=O) groups is 2. The van der Waals surface area contributed by atoms with Crippen molar-refractivity contribution in [3.63, 3.8) is 0 Å². The van der Waals surface area contributed by atoms with Gasteiger partial charge in [0.2, 0.25) is 5.91 Å². The number of hydrogen-bond acceptors (Lipinski definition) is 3. The van der Waals surface area contributed by atoms with E-state index in [0.29, 0.717) is 16.0 Å². The lowest BCUT2D eigenvalue weighted by molar-refractivity contribution is -0.171. The van der Waals surface area contributed by atoms with Crippen LogP contribution in [0.4, 0.5) is 18.9 Å². The van der Waals surface area contributed by atoms with Gasteiger partial charge in [0, 0.05) is 24.1 Å². The predicted octanol–water partition coefficient (Wildman–Crippen LogP) is 4.78. The molecule has 0 radical (unpaired) electrons. The first-order valence-electron chi connectivity index (χ1n) is 10.4. The minimum Gasteiger partial charge on any atom is -0.351 e. The van der Waals surface area contributed by atoms with E-state index in [0.717, 1.165) is 32.1 Å². The van der Waals surface area contributed by atoms with Gasteiger partial charge in [0.1, 0.15) is 6.04 Å². The van der Waals surface area contributed by atoms with Crippen LogP contribution in [0.25, 0.3) is 0 Å². The van der Waals surface area contributed by atoms with Crippen LogP contribution >= 0.6 is 0 Å². The van der Waals surface area contributed by atoms with Gasteiger partial charge in [-0.25, -0.2) is 0 Å². The van der Waals surface area contributed by atoms with Crippen molar-refractivity contribution in [2.75, 3.05) is 4.90 Å². The van der Waals surface area contributed by atoms with E-state index in [2.05, 4.69) is 10.3 Å². The van der Waals surface area contributed by atoms with Gasteiger partial charge in [0.15, 0.2) is 0 Å². The number of hydrogen-bond donors (Lipinski definition) is 1. The summed E-state index contributed by atoms with van der Waals surface area (Å²) >= 11 is 0. The van der Waals surface area contributed by atoms with Crippen molar-refractivity contribution in [1.82, 2.24) is 10.3 Å². The highest BCUT2D eigenvalue weighted by Crippen LogP contribution is 2.34. The van der Waals surface area contributed by atoms with E-state index in [4.69, 9.17) is 0 Å². The van der Waals surface area contributed by atoms with Gasteiger partial charge in [-0.05, 0) is 67.6 Å². The summed E-state index contributed by atoms with van der Waals surface area (Å²) in [6.07, 6.45) is 2.16. The van der Waals surface area contributed by atoms with Crippen molar-refractivity contribution >= 4 is 17.5 Å². The molecular weight excluding hydrogens is 407 g/mol. The molecule has 31 heavy (non-hydrogen) atoms. The third-order valence-corrected chi connectivity index (χ3v) is 5.43. The van der Waals surface area contributed by atoms with E-state index >= 15 is 0 Å². The summed E-state index contributed by atoms with van der Waals surface area (Å²) in [5.41, 5.74) is 1.67. The highest BCUT2D eigenvalue weighted by Gasteiger charge is 2.47. The second-order valence-corrected chi connectivity index (χ2v) is 8.05. The largest absolute Gasteiger partial charge is 0.471 e. The summed E-state index contributed by atoms with van der Waals surface area (Å²) in [6, 6.07) is 6.10. The maximum Gasteiger partial charge on any atom is 0.471 e. The topological polar surface area (TPSA) is 62.3 Å². The molecule has 1 saturated carbocycles. The smallest absolute Gasteiger partial charge is 0.351 e. The van der Waals surface area contributed by atoms with Crippen LogP contribution in [-0.4, -0.2) is 29.0 Å². The first kappa shape index (κ1) is 22.8. The van der Waals surface area contributed by atoms with Crippen LogP contribution in [0, 0.1) is 13.8 Å². The molecule has 5 nitrogen and oxygen atoms in total. The van der Waals surface area contributed by atoms with Crippen LogP contribution in [0.2, 0.25) is 0 Å². The number of aryl methyl sites for hydroxylation is 2. The molecule has 1 fully saturated rings. The minimum atomic E-state index is -5.14. The molecule has 1 aromatic heterocycles. The van der Waals surface area contributed by atoms with Crippen molar-refractivity contribution in [2.45, 2.75) is 64.2 Å². The zero-order valence-corrected chi connectivity index (χ0v) is 17.6. The Morgan fingerprint density at radius 1 is 1.03 bits per heavy atom. The van der Waals surface area contributed by atoms with E-state index < -0.39 is 24.0 Å². The Kier molecular flexibility index (Phi) is 6.97. The molecule has 8 heteroatoms. The maximum absolute atomic E-state index is 13.6. The van der Waals surface area contributed by atoms with E-state index in [1.54, 1.807) is 19.9 Å². The van der Waals surface area contributed by atoms with Gasteiger partial charge in [-0.2, -0.15) is 13.2 Å². The summed E-state index contributed by atoms with van der Waals surface area (Å²) in [7, 11) is 0. The number of aromatic nitrogens is 1. The van der Waals surface area contributed by atoms with E-state index in [9.17, 15) is 22.8 Å². The van der Waals surface area contributed by atoms with Crippen LogP contribution in [0.1, 0.15) is 54.8 Å². The number of nitrogens with zero attached hydrogens (tertiary/aromatic N) is 2. The Labute approximate surface area is 179 Å². The normalized spacial score (nSPS) is 15.9. The number of amides is 2. The zero-order valence-electron chi connectivity index (χ0n) is 17.6. The van der Waals surface area contributed by atoms with Crippen molar-refractivity contribution in [3.05, 3.63) is 59.4 Å². The van der Waals surface area contributed by atoms with Crippen molar-refractivity contribution in [1.29, 1.82) is 0 Å². The predicted molar refractivity (Wildman–Crippen MR) is 111 cm³/mol. The minimum absolute atomic E-state index is 0.0282. The monoisotopic (exact) mass is 433 g/mol. The first-order valence-corrected chi connectivity index (χ1v) is 10.4. The number of rotatable bonds is 5. The average Bonchev–Trinajstić information content (AvgIpc) is 2.71. The fourth-order valence-electron chi connectivity index (χ4n) is 4.10. The van der Waals surface area contributed by atoms with Gasteiger partial charge in [0.05, 0.1) is 0 Å². The Bertz CT molecular complexity index is 905. The van der Waals surface area contributed by atoms with Crippen LogP contribution in [0.15, 0.2) is 42.7 Å². The van der Waals surface area contributed by atoms with E-state index in [1.165, 1.54) is 36.7 Å². The highest BCUT2D eigenvalue weighted by molar-refractivity contribution is 6.04. The molecule has 1 aromatic carbocycles. The summed E-state index contributed by atoms with van der Waals surface area (Å²) in [6.45, 7) is 3.46. The lowest BCUT2D eigenvalue weighted by atomic mass is 9.94. The van der Waals surface area contributed by atoms with Gasteiger partial charge in [-0.1, -0.05) is 25.3 Å². The van der Waals surface area contributed by atoms with E-state index in [-0.39, 0.29) is 17.3 Å². The quantitative estimate of drug-likeness (QED) is 0.738. The van der Waals surface area contributed by atoms with Crippen molar-refractivity contribution < 1.29 is 22.8 Å². The molecule has 0 bridgehead atoms. The van der Waals surface area contributed by atoms with Crippen LogP contribution in [-0.2, 0) is 9.59 Å². The average molecular weight is 433 g/mol. The fourth-order valence-corrected chi connectivity index (χ4v) is 4.10. The number of benzene rings is 1. The molecule has 1 atom stereocenters. The Balaban J connectivity index is 2.10. The SMILES string of the molecule is Cc1cc(C)cc(N(C(=O)C(F)(F)F)[C@H](C(=O)NC2CCCCC2)c2ccncc2)c1. The van der Waals surface area contributed by atoms with Gasteiger partial charge < -0.3 is 5.32 Å². The summed E-state index contributed by atoms with van der Waals surface area (Å²) in [5.74, 6) is -2.71. The van der Waals surface area contributed by atoms with Crippen LogP contribution < -0.4 is 10.2 Å². The number of nitrogens with one attached hydrogen (secondary N) is 1. The second-order valence-electron chi connectivity index (χ2n) is 8.05. The third-order valence-electron chi connectivity index (χ3n) is 5.43. The zero-order chi connectivity index (χ0) is 22.6.